The van der Waals surface area contributed by atoms with Crippen LogP contribution in [0, 0.1) is 17.6 Å². The van der Waals surface area contributed by atoms with Gasteiger partial charge in [-0.25, -0.2) is 8.78 Å². The molecule has 1 aliphatic heterocycles. The number of ether oxygens (including phenoxy) is 2. The Morgan fingerprint density at radius 3 is 2.39 bits per heavy atom. The van der Waals surface area contributed by atoms with Crippen molar-refractivity contribution in [3.63, 3.8) is 0 Å². The molecule has 1 saturated heterocycles. The molecule has 4 rings (SSSR count). The van der Waals surface area contributed by atoms with Crippen LogP contribution in [0.2, 0.25) is 0 Å². The fourth-order valence-corrected chi connectivity index (χ4v) is 4.95. The second-order valence-electron chi connectivity index (χ2n) is 10.6. The van der Waals surface area contributed by atoms with Gasteiger partial charge in [0.25, 0.3) is 5.91 Å². The average molecular weight is 560 g/mol. The summed E-state index contributed by atoms with van der Waals surface area (Å²) in [5, 5.41) is 0. The lowest BCUT2D eigenvalue weighted by molar-refractivity contribution is -0.125. The Bertz CT molecular complexity index is 1340. The molecule has 3 aromatic rings. The van der Waals surface area contributed by atoms with Crippen LogP contribution in [0.5, 0.6) is 5.75 Å². The minimum absolute atomic E-state index is 0.0973. The zero-order valence-electron chi connectivity index (χ0n) is 24.1. The largest absolute Gasteiger partial charge is 0.465 e. The summed E-state index contributed by atoms with van der Waals surface area (Å²) in [5.74, 6) is -1.19. The summed E-state index contributed by atoms with van der Waals surface area (Å²) >= 11 is 0. The molecule has 4 nitrogen and oxygen atoms in total. The molecule has 1 heterocycles. The number of nitrogens with zero attached hydrogens (tertiary/aromatic N) is 1. The first-order valence-corrected chi connectivity index (χ1v) is 14.4. The summed E-state index contributed by atoms with van der Waals surface area (Å²) in [6.45, 7) is 7.36. The molecule has 0 saturated carbocycles. The molecule has 6 heteroatoms. The maximum Gasteiger partial charge on any atom is 0.254 e. The molecule has 216 valence electrons. The van der Waals surface area contributed by atoms with Gasteiger partial charge in [0.1, 0.15) is 5.75 Å². The van der Waals surface area contributed by atoms with E-state index in [-0.39, 0.29) is 24.7 Å². The highest BCUT2D eigenvalue weighted by Gasteiger charge is 2.25. The summed E-state index contributed by atoms with van der Waals surface area (Å²) in [5.41, 5.74) is 4.18. The summed E-state index contributed by atoms with van der Waals surface area (Å²) in [7, 11) is 0. The average Bonchev–Trinajstić information content (AvgIpc) is 3.49. The van der Waals surface area contributed by atoms with Crippen LogP contribution in [0.1, 0.15) is 56.7 Å². The van der Waals surface area contributed by atoms with Gasteiger partial charge in [0.05, 0.1) is 6.61 Å². The van der Waals surface area contributed by atoms with Gasteiger partial charge in [-0.05, 0) is 73.1 Å². The van der Waals surface area contributed by atoms with E-state index in [0.29, 0.717) is 36.5 Å². The molecule has 1 aliphatic rings. The first kappa shape index (κ1) is 30.2. The molecule has 1 unspecified atom stereocenters. The van der Waals surface area contributed by atoms with Crippen LogP contribution in [0.3, 0.4) is 0 Å². The molecule has 0 aromatic heterocycles. The minimum atomic E-state index is -0.921. The quantitative estimate of drug-likeness (QED) is 0.166. The molecule has 1 fully saturated rings. The molecule has 1 atom stereocenters. The number of carbonyl (C=O) groups excluding carboxylic acids is 1. The number of likely N-dealkylation sites (N-methyl/N-ethyl adjacent to an activating group) is 1. The molecule has 41 heavy (non-hydrogen) atoms. The van der Waals surface area contributed by atoms with Gasteiger partial charge in [0.15, 0.2) is 17.9 Å². The van der Waals surface area contributed by atoms with Crippen molar-refractivity contribution in [2.24, 2.45) is 5.92 Å². The van der Waals surface area contributed by atoms with Crippen molar-refractivity contribution in [3.8, 4) is 5.75 Å². The second kappa shape index (κ2) is 14.7. The maximum atomic E-state index is 14.2. The molecule has 0 radical (unpaired) electrons. The highest BCUT2D eigenvalue weighted by Crippen LogP contribution is 2.31. The van der Waals surface area contributed by atoms with Crippen LogP contribution in [-0.2, 0) is 22.5 Å². The topological polar surface area (TPSA) is 38.8 Å². The van der Waals surface area contributed by atoms with Gasteiger partial charge in [-0.15, -0.1) is 0 Å². The molecule has 1 amide bonds. The van der Waals surface area contributed by atoms with Crippen LogP contribution in [0.15, 0.2) is 90.5 Å². The number of amides is 1. The number of rotatable bonds is 12. The van der Waals surface area contributed by atoms with Crippen molar-refractivity contribution in [3.05, 3.63) is 119 Å². The number of benzene rings is 3. The van der Waals surface area contributed by atoms with E-state index in [4.69, 9.17) is 9.47 Å². The van der Waals surface area contributed by atoms with Gasteiger partial charge in [-0.1, -0.05) is 80.1 Å². The number of hydrogen-bond acceptors (Lipinski definition) is 3. The van der Waals surface area contributed by atoms with E-state index in [9.17, 15) is 13.6 Å². The first-order chi connectivity index (χ1) is 19.9. The Hall–Kier alpha value is -3.77. The Balaban J connectivity index is 1.65. The van der Waals surface area contributed by atoms with E-state index in [2.05, 4.69) is 38.1 Å². The number of carbonyl (C=O) groups is 1. The minimum Gasteiger partial charge on any atom is -0.465 e. The monoisotopic (exact) mass is 559 g/mol. The van der Waals surface area contributed by atoms with Crippen molar-refractivity contribution in [1.29, 1.82) is 0 Å². The number of hydrogen-bond donors (Lipinski definition) is 0. The van der Waals surface area contributed by atoms with E-state index >= 15 is 0 Å². The van der Waals surface area contributed by atoms with Crippen LogP contribution in [0.25, 0.3) is 5.57 Å². The Morgan fingerprint density at radius 2 is 1.76 bits per heavy atom. The third-order valence-corrected chi connectivity index (χ3v) is 7.26. The molecule has 0 spiro atoms. The second-order valence-corrected chi connectivity index (χ2v) is 10.6. The molecule has 3 aromatic carbocycles. The first-order valence-electron chi connectivity index (χ1n) is 14.4. The fourth-order valence-electron chi connectivity index (χ4n) is 4.95. The highest BCUT2D eigenvalue weighted by molar-refractivity contribution is 6.20. The molecule has 0 bridgehead atoms. The van der Waals surface area contributed by atoms with Crippen molar-refractivity contribution in [2.45, 2.75) is 59.3 Å². The van der Waals surface area contributed by atoms with E-state index in [1.807, 2.05) is 49.4 Å². The van der Waals surface area contributed by atoms with Gasteiger partial charge in [-0.3, -0.25) is 4.79 Å². The third kappa shape index (κ3) is 8.37. The van der Waals surface area contributed by atoms with Crippen molar-refractivity contribution in [2.75, 3.05) is 13.2 Å². The van der Waals surface area contributed by atoms with Gasteiger partial charge in [0, 0.05) is 25.1 Å². The lowest BCUT2D eigenvalue weighted by Crippen LogP contribution is -2.32. The Morgan fingerprint density at radius 1 is 1.00 bits per heavy atom. The molecular formula is C35H39F2NO3. The predicted octanol–water partition coefficient (Wildman–Crippen LogP) is 8.13. The van der Waals surface area contributed by atoms with Crippen LogP contribution < -0.4 is 4.74 Å². The molecule has 0 N–H and O–H groups in total. The van der Waals surface area contributed by atoms with Gasteiger partial charge in [0.2, 0.25) is 0 Å². The summed E-state index contributed by atoms with van der Waals surface area (Å²) in [4.78, 5) is 15.9. The zero-order chi connectivity index (χ0) is 29.2. The van der Waals surface area contributed by atoms with Crippen LogP contribution >= 0.6 is 0 Å². The highest BCUT2D eigenvalue weighted by atomic mass is 19.2. The van der Waals surface area contributed by atoms with E-state index < -0.39 is 11.6 Å². The summed E-state index contributed by atoms with van der Waals surface area (Å²) in [6.07, 6.45) is 7.26. The Kier molecular flexibility index (Phi) is 10.9. The van der Waals surface area contributed by atoms with Crippen molar-refractivity contribution in [1.82, 2.24) is 4.90 Å². The van der Waals surface area contributed by atoms with Crippen molar-refractivity contribution >= 4 is 11.5 Å². The lowest BCUT2D eigenvalue weighted by Gasteiger charge is -2.26. The van der Waals surface area contributed by atoms with Crippen molar-refractivity contribution < 1.29 is 23.0 Å². The maximum absolute atomic E-state index is 14.2. The van der Waals surface area contributed by atoms with Gasteiger partial charge >= 0.3 is 0 Å². The number of allylic oxidation sites excluding steroid dienone is 3. The number of halogens is 2. The summed E-state index contributed by atoms with van der Waals surface area (Å²) < 4.78 is 39.1. The normalized spacial score (nSPS) is 15.8. The van der Waals surface area contributed by atoms with Crippen LogP contribution in [0.4, 0.5) is 8.78 Å². The lowest BCUT2D eigenvalue weighted by atomic mass is 9.89. The van der Waals surface area contributed by atoms with Gasteiger partial charge in [-0.2, -0.15) is 0 Å². The van der Waals surface area contributed by atoms with Gasteiger partial charge < -0.3 is 14.4 Å². The SMILES string of the molecule is CCN(Cc1ccc(F)c(F)c1)C(=O)/C(=C(/C/C=C/Cc1ccccc1)C(C)C)c1ccc(OC2CCCO2)cc1. The van der Waals surface area contributed by atoms with E-state index in [1.165, 1.54) is 11.6 Å². The smallest absolute Gasteiger partial charge is 0.254 e. The fraction of sp³-hybridized carbons (Fsp3) is 0.343. The Labute approximate surface area is 242 Å². The van der Waals surface area contributed by atoms with E-state index in [0.717, 1.165) is 42.5 Å². The molecule has 0 aliphatic carbocycles. The zero-order valence-corrected chi connectivity index (χ0v) is 24.1. The molecular weight excluding hydrogens is 520 g/mol. The van der Waals surface area contributed by atoms with Crippen LogP contribution in [-0.4, -0.2) is 30.2 Å². The van der Waals surface area contributed by atoms with E-state index in [1.54, 1.807) is 4.90 Å². The predicted molar refractivity (Wildman–Crippen MR) is 159 cm³/mol. The summed E-state index contributed by atoms with van der Waals surface area (Å²) in [6, 6.07) is 21.6. The third-order valence-electron chi connectivity index (χ3n) is 7.26. The standard InChI is InChI=1S/C35H39F2NO3/c1-4-38(24-27-16-21-31(36)32(37)23-27)35(39)34(28-17-19-29(20-18-28)41-33-15-10-22-40-33)30(25(2)3)14-9-8-13-26-11-6-5-7-12-26/h5-9,11-12,16-21,23,25,33H,4,10,13-15,22,24H2,1-3H3/b9-8+,34-30-.